The maximum absolute atomic E-state index is 13.3. The Bertz CT molecular complexity index is 648. The van der Waals surface area contributed by atoms with Gasteiger partial charge in [-0.05, 0) is 6.42 Å². The van der Waals surface area contributed by atoms with Crippen molar-refractivity contribution >= 4 is 17.0 Å². The number of nitrogens with zero attached hydrogens (tertiary/aromatic N) is 4. The van der Waals surface area contributed by atoms with Gasteiger partial charge in [-0.2, -0.15) is 14.4 Å². The van der Waals surface area contributed by atoms with Crippen LogP contribution in [0.3, 0.4) is 0 Å². The number of nitrogens with two attached hydrogens (primary N) is 1. The van der Waals surface area contributed by atoms with Gasteiger partial charge in [0, 0.05) is 0 Å². The molecule has 108 valence electrons. The van der Waals surface area contributed by atoms with Crippen molar-refractivity contribution in [1.82, 2.24) is 19.5 Å². The van der Waals surface area contributed by atoms with Gasteiger partial charge in [-0.3, -0.25) is 4.57 Å². The van der Waals surface area contributed by atoms with E-state index < -0.39 is 30.6 Å². The Morgan fingerprint density at radius 1 is 1.40 bits per heavy atom. The van der Waals surface area contributed by atoms with Crippen LogP contribution < -0.4 is 5.73 Å². The Balaban J connectivity index is 2.07. The minimum absolute atomic E-state index is 0.0914. The normalized spacial score (nSPS) is 30.2. The predicted molar refractivity (Wildman–Crippen MR) is 65.9 cm³/mol. The lowest BCUT2D eigenvalue weighted by Gasteiger charge is -2.16. The molecule has 0 radical (unpaired) electrons. The highest BCUT2D eigenvalue weighted by Crippen LogP contribution is 2.33. The number of halogens is 1. The molecule has 1 aliphatic rings. The summed E-state index contributed by atoms with van der Waals surface area (Å²) in [6, 6.07) is 0. The van der Waals surface area contributed by atoms with Crippen LogP contribution in [-0.4, -0.2) is 48.0 Å². The van der Waals surface area contributed by atoms with Crippen molar-refractivity contribution in [2.24, 2.45) is 0 Å². The Hall–Kier alpha value is -1.84. The summed E-state index contributed by atoms with van der Waals surface area (Å²) in [7, 11) is 0. The number of aliphatic hydroxyl groups excluding tert-OH is 2. The first-order valence-electron chi connectivity index (χ1n) is 6.20. The van der Waals surface area contributed by atoms with E-state index in [9.17, 15) is 14.6 Å². The molecule has 0 aliphatic carbocycles. The maximum atomic E-state index is 13.3. The molecule has 0 aromatic carbocycles. The zero-order valence-electron chi connectivity index (χ0n) is 10.6. The summed E-state index contributed by atoms with van der Waals surface area (Å²) in [5, 5.41) is 19.9. The zero-order valence-corrected chi connectivity index (χ0v) is 10.6. The number of imidazole rings is 1. The molecule has 2 aromatic rings. The molecule has 0 unspecified atom stereocenters. The van der Waals surface area contributed by atoms with E-state index in [2.05, 4.69) is 15.0 Å². The molecule has 4 atom stereocenters. The van der Waals surface area contributed by atoms with Crippen molar-refractivity contribution in [3.05, 3.63) is 12.4 Å². The Morgan fingerprint density at radius 2 is 2.15 bits per heavy atom. The first-order chi connectivity index (χ1) is 9.52. The number of fused-ring (bicyclic) bond motifs is 1. The van der Waals surface area contributed by atoms with Crippen molar-refractivity contribution in [1.29, 1.82) is 0 Å². The first kappa shape index (κ1) is 13.2. The number of nitrogen functional groups attached to an aromatic ring is 1. The van der Waals surface area contributed by atoms with E-state index in [1.165, 1.54) is 10.9 Å². The molecule has 20 heavy (non-hydrogen) atoms. The third-order valence-corrected chi connectivity index (χ3v) is 3.43. The van der Waals surface area contributed by atoms with Crippen molar-refractivity contribution in [3.8, 4) is 0 Å². The molecule has 3 rings (SSSR count). The van der Waals surface area contributed by atoms with Crippen LogP contribution in [0.15, 0.2) is 6.33 Å². The zero-order chi connectivity index (χ0) is 14.4. The average Bonchev–Trinajstić information content (AvgIpc) is 2.93. The van der Waals surface area contributed by atoms with Crippen LogP contribution in [0.2, 0.25) is 0 Å². The minimum Gasteiger partial charge on any atom is -0.388 e. The maximum Gasteiger partial charge on any atom is 0.312 e. The number of aromatic nitrogens is 4. The molecule has 0 spiro atoms. The van der Waals surface area contributed by atoms with E-state index in [0.29, 0.717) is 6.42 Å². The summed E-state index contributed by atoms with van der Waals surface area (Å²) in [6.07, 6.45) is -2.70. The summed E-state index contributed by atoms with van der Waals surface area (Å²) in [5.41, 5.74) is 5.90. The molecule has 1 saturated heterocycles. The van der Waals surface area contributed by atoms with Crippen LogP contribution in [0.1, 0.15) is 19.6 Å². The Labute approximate surface area is 113 Å². The molecule has 0 saturated carbocycles. The van der Waals surface area contributed by atoms with Crippen LogP contribution in [0.5, 0.6) is 0 Å². The fourth-order valence-electron chi connectivity index (χ4n) is 2.39. The van der Waals surface area contributed by atoms with Gasteiger partial charge in [-0.15, -0.1) is 0 Å². The second-order valence-electron chi connectivity index (χ2n) is 4.66. The minimum atomic E-state index is -1.16. The smallest absolute Gasteiger partial charge is 0.312 e. The third-order valence-electron chi connectivity index (χ3n) is 3.43. The van der Waals surface area contributed by atoms with Gasteiger partial charge >= 0.3 is 6.08 Å². The van der Waals surface area contributed by atoms with Crippen LogP contribution in [0.4, 0.5) is 10.2 Å². The molecule has 3 heterocycles. The lowest BCUT2D eigenvalue weighted by atomic mass is 10.1. The molecular formula is C11H14FN5O3. The van der Waals surface area contributed by atoms with Gasteiger partial charge in [0.2, 0.25) is 0 Å². The summed E-state index contributed by atoms with van der Waals surface area (Å²) in [6.45, 7) is 1.83. The molecule has 1 aliphatic heterocycles. The van der Waals surface area contributed by atoms with Crippen molar-refractivity contribution < 1.29 is 19.3 Å². The summed E-state index contributed by atoms with van der Waals surface area (Å²) in [5.74, 6) is -0.0914. The number of ether oxygens (including phenoxy) is 1. The van der Waals surface area contributed by atoms with Gasteiger partial charge < -0.3 is 20.7 Å². The largest absolute Gasteiger partial charge is 0.388 e. The summed E-state index contributed by atoms with van der Waals surface area (Å²) < 4.78 is 20.2. The van der Waals surface area contributed by atoms with Crippen LogP contribution in [0.25, 0.3) is 11.2 Å². The Morgan fingerprint density at radius 3 is 2.80 bits per heavy atom. The van der Waals surface area contributed by atoms with Gasteiger partial charge in [0.1, 0.15) is 12.2 Å². The van der Waals surface area contributed by atoms with Crippen LogP contribution >= 0.6 is 0 Å². The van der Waals surface area contributed by atoms with Gasteiger partial charge in [-0.1, -0.05) is 6.92 Å². The highest BCUT2D eigenvalue weighted by Gasteiger charge is 2.43. The number of hydrogen-bond donors (Lipinski definition) is 3. The SMILES string of the molecule is CC[C@H]1O[C@@H](n2cnc3c(N)nc(F)nc32)[C@@H](O)[C@@H]1O. The second kappa shape index (κ2) is 4.62. The fraction of sp³-hybridized carbons (Fsp3) is 0.545. The highest BCUT2D eigenvalue weighted by atomic mass is 19.1. The standard InChI is InChI=1S/C11H14FN5O3/c1-2-4-6(18)7(19)10(20-4)17-3-14-5-8(13)15-11(12)16-9(5)17/h3-4,6-7,10,18-19H,2H2,1H3,(H2,13,15,16)/t4-,6-,7+,10-/m1/s1. The molecule has 2 aromatic heterocycles. The third kappa shape index (κ3) is 1.82. The predicted octanol–water partition coefficient (Wildman–Crippen LogP) is -0.423. The van der Waals surface area contributed by atoms with Crippen molar-refractivity contribution in [3.63, 3.8) is 0 Å². The molecule has 1 fully saturated rings. The Kier molecular flexibility index (Phi) is 3.04. The van der Waals surface area contributed by atoms with Gasteiger partial charge in [0.15, 0.2) is 23.2 Å². The fourth-order valence-corrected chi connectivity index (χ4v) is 2.39. The number of aliphatic hydroxyl groups is 2. The van der Waals surface area contributed by atoms with E-state index in [1.807, 2.05) is 6.92 Å². The summed E-state index contributed by atoms with van der Waals surface area (Å²) >= 11 is 0. The van der Waals surface area contributed by atoms with Gasteiger partial charge in [-0.25, -0.2) is 4.98 Å². The molecular weight excluding hydrogens is 269 g/mol. The van der Waals surface area contributed by atoms with Gasteiger partial charge in [0.25, 0.3) is 0 Å². The van der Waals surface area contributed by atoms with Crippen LogP contribution in [-0.2, 0) is 4.74 Å². The molecule has 9 heteroatoms. The van der Waals surface area contributed by atoms with E-state index in [1.54, 1.807) is 0 Å². The van der Waals surface area contributed by atoms with E-state index in [0.717, 1.165) is 0 Å². The lowest BCUT2D eigenvalue weighted by molar-refractivity contribution is -0.0356. The van der Waals surface area contributed by atoms with E-state index in [4.69, 9.17) is 10.5 Å². The quantitative estimate of drug-likeness (QED) is 0.640. The number of rotatable bonds is 2. The van der Waals surface area contributed by atoms with Gasteiger partial charge in [0.05, 0.1) is 12.4 Å². The van der Waals surface area contributed by atoms with Crippen molar-refractivity contribution in [2.75, 3.05) is 5.73 Å². The monoisotopic (exact) mass is 283 g/mol. The number of hydrogen-bond acceptors (Lipinski definition) is 7. The average molecular weight is 283 g/mol. The number of anilines is 1. The molecule has 4 N–H and O–H groups in total. The topological polar surface area (TPSA) is 119 Å². The lowest BCUT2D eigenvalue weighted by Crippen LogP contribution is -2.31. The highest BCUT2D eigenvalue weighted by molar-refractivity contribution is 5.81. The van der Waals surface area contributed by atoms with E-state index >= 15 is 0 Å². The summed E-state index contributed by atoms with van der Waals surface area (Å²) in [4.78, 5) is 11.0. The van der Waals surface area contributed by atoms with Crippen molar-refractivity contribution in [2.45, 2.75) is 37.9 Å². The second-order valence-corrected chi connectivity index (χ2v) is 4.66. The molecule has 8 nitrogen and oxygen atoms in total. The molecule has 0 bridgehead atoms. The first-order valence-corrected chi connectivity index (χ1v) is 6.20. The molecule has 0 amide bonds. The van der Waals surface area contributed by atoms with Crippen LogP contribution in [0, 0.1) is 6.08 Å². The van der Waals surface area contributed by atoms with E-state index in [-0.39, 0.29) is 17.0 Å².